The second kappa shape index (κ2) is 12.7. The third-order valence-corrected chi connectivity index (χ3v) is 8.24. The van der Waals surface area contributed by atoms with Crippen LogP contribution in [0.2, 0.25) is 5.02 Å². The summed E-state index contributed by atoms with van der Waals surface area (Å²) in [4.78, 5) is 19.2. The molecule has 1 saturated carbocycles. The van der Waals surface area contributed by atoms with E-state index in [9.17, 15) is 9.90 Å². The fourth-order valence-electron chi connectivity index (χ4n) is 5.86. The maximum Gasteiger partial charge on any atom is 0.325 e. The minimum Gasteiger partial charge on any atom is -0.496 e. The summed E-state index contributed by atoms with van der Waals surface area (Å²) in [6.45, 7) is 2.98. The van der Waals surface area contributed by atoms with Crippen LogP contribution < -0.4 is 10.1 Å². The summed E-state index contributed by atoms with van der Waals surface area (Å²) in [6.07, 6.45) is 10.6. The van der Waals surface area contributed by atoms with Crippen molar-refractivity contribution in [1.29, 1.82) is 0 Å². The summed E-state index contributed by atoms with van der Waals surface area (Å²) < 4.78 is 11.9. The molecular formula is C30H40ClN3O4. The number of halogens is 1. The number of pyridine rings is 1. The molecule has 2 aliphatic heterocycles. The van der Waals surface area contributed by atoms with Crippen LogP contribution in [0.4, 0.5) is 5.82 Å². The monoisotopic (exact) mass is 541 g/mol. The van der Waals surface area contributed by atoms with Gasteiger partial charge in [-0.3, -0.25) is 9.69 Å². The minimum atomic E-state index is -0.880. The normalized spacial score (nSPS) is 20.1. The number of nitrogens with zero attached hydrogens (tertiary/aromatic N) is 2. The minimum absolute atomic E-state index is 0.0429. The van der Waals surface area contributed by atoms with E-state index in [1.807, 2.05) is 11.0 Å². The first kappa shape index (κ1) is 27.2. The maximum atomic E-state index is 12.5. The number of unbranched alkanes of at least 4 members (excludes halogenated alkanes) is 2. The summed E-state index contributed by atoms with van der Waals surface area (Å²) in [7, 11) is 1.62. The van der Waals surface area contributed by atoms with Gasteiger partial charge in [-0.2, -0.15) is 0 Å². The van der Waals surface area contributed by atoms with Gasteiger partial charge in [0.15, 0.2) is 0 Å². The van der Waals surface area contributed by atoms with E-state index in [1.54, 1.807) is 13.2 Å². The number of carbonyl (C=O) groups is 1. The number of methoxy groups -OCH3 is 1. The molecule has 3 aliphatic rings. The number of ether oxygens (including phenoxy) is 2. The molecule has 1 aromatic carbocycles. The number of aromatic nitrogens is 1. The van der Waals surface area contributed by atoms with E-state index in [-0.39, 0.29) is 6.10 Å². The molecule has 5 rings (SSSR count). The Morgan fingerprint density at radius 3 is 2.89 bits per heavy atom. The lowest BCUT2D eigenvalue weighted by molar-refractivity contribution is -0.143. The molecule has 7 nitrogen and oxygen atoms in total. The number of carboxylic acids is 1. The van der Waals surface area contributed by atoms with Gasteiger partial charge < -0.3 is 19.9 Å². The molecule has 8 heteroatoms. The van der Waals surface area contributed by atoms with Crippen molar-refractivity contribution in [1.82, 2.24) is 9.88 Å². The second-order valence-electron chi connectivity index (χ2n) is 11.0. The molecule has 1 aliphatic carbocycles. The largest absolute Gasteiger partial charge is 0.496 e. The quantitative estimate of drug-likeness (QED) is 0.315. The number of fused-ring (bicyclic) bond motifs is 1. The van der Waals surface area contributed by atoms with Crippen molar-refractivity contribution in [3.8, 4) is 5.75 Å². The van der Waals surface area contributed by atoms with Gasteiger partial charge >= 0.3 is 5.97 Å². The van der Waals surface area contributed by atoms with Gasteiger partial charge in [-0.1, -0.05) is 24.1 Å². The van der Waals surface area contributed by atoms with Gasteiger partial charge in [-0.15, -0.1) is 0 Å². The third-order valence-electron chi connectivity index (χ3n) is 8.02. The second-order valence-corrected chi connectivity index (χ2v) is 11.4. The smallest absolute Gasteiger partial charge is 0.325 e. The van der Waals surface area contributed by atoms with Gasteiger partial charge in [0, 0.05) is 42.5 Å². The molecule has 3 heterocycles. The van der Waals surface area contributed by atoms with Crippen molar-refractivity contribution in [2.75, 3.05) is 38.7 Å². The van der Waals surface area contributed by atoms with Crippen LogP contribution in [0.15, 0.2) is 24.3 Å². The van der Waals surface area contributed by atoms with Gasteiger partial charge in [-0.25, -0.2) is 4.98 Å². The van der Waals surface area contributed by atoms with Crippen molar-refractivity contribution in [2.45, 2.75) is 76.4 Å². The zero-order chi connectivity index (χ0) is 26.5. The first-order chi connectivity index (χ1) is 18.5. The molecule has 2 fully saturated rings. The lowest BCUT2D eigenvalue weighted by Crippen LogP contribution is -2.34. The van der Waals surface area contributed by atoms with Crippen LogP contribution in [-0.4, -0.2) is 60.4 Å². The van der Waals surface area contributed by atoms with Crippen LogP contribution in [-0.2, 0) is 28.8 Å². The molecule has 2 aromatic rings. The molecule has 0 spiro atoms. The number of carboxylic acid groups (broad SMARTS) is 1. The highest BCUT2D eigenvalue weighted by Crippen LogP contribution is 2.41. The van der Waals surface area contributed by atoms with Crippen LogP contribution in [0.1, 0.15) is 73.4 Å². The number of benzene rings is 1. The molecule has 0 radical (unpaired) electrons. The van der Waals surface area contributed by atoms with Crippen LogP contribution >= 0.6 is 11.6 Å². The van der Waals surface area contributed by atoms with Crippen LogP contribution in [0.5, 0.6) is 5.75 Å². The van der Waals surface area contributed by atoms with E-state index >= 15 is 0 Å². The molecule has 38 heavy (non-hydrogen) atoms. The fourth-order valence-corrected chi connectivity index (χ4v) is 6.11. The maximum absolute atomic E-state index is 12.5. The van der Waals surface area contributed by atoms with E-state index < -0.39 is 12.0 Å². The van der Waals surface area contributed by atoms with Gasteiger partial charge in [0.05, 0.1) is 13.2 Å². The summed E-state index contributed by atoms with van der Waals surface area (Å²) >= 11 is 6.45. The first-order valence-electron chi connectivity index (χ1n) is 14.2. The number of hydrogen-bond donors (Lipinski definition) is 2. The van der Waals surface area contributed by atoms with E-state index in [2.05, 4.69) is 17.4 Å². The number of rotatable bonds is 13. The Balaban J connectivity index is 1.10. The standard InChI is InChI=1S/C30H40ClN3O4/c1-37-28-22(16-20-8-9-20)17-23(31)18-26(28)27(30(35)36)34-14-12-25(19-34)38-15-4-2-3-7-24-11-10-21-6-5-13-32-29(21)33-24/h10-11,17-18,20,25,27H,2-9,12-16,19H2,1H3,(H,32,33)(H,35,36)/t25-,27-/m1/s1. The highest BCUT2D eigenvalue weighted by atomic mass is 35.5. The zero-order valence-corrected chi connectivity index (χ0v) is 23.1. The average molecular weight is 542 g/mol. The van der Waals surface area contributed by atoms with Crippen molar-refractivity contribution in [2.24, 2.45) is 5.92 Å². The number of aliphatic carboxylic acids is 1. The highest BCUT2D eigenvalue weighted by molar-refractivity contribution is 6.30. The van der Waals surface area contributed by atoms with E-state index in [0.29, 0.717) is 41.9 Å². The number of hydrogen-bond acceptors (Lipinski definition) is 6. The molecule has 0 amide bonds. The Morgan fingerprint density at radius 1 is 1.24 bits per heavy atom. The van der Waals surface area contributed by atoms with E-state index in [0.717, 1.165) is 68.6 Å². The summed E-state index contributed by atoms with van der Waals surface area (Å²) in [5, 5.41) is 14.2. The molecular weight excluding hydrogens is 502 g/mol. The molecule has 0 bridgehead atoms. The Bertz CT molecular complexity index is 1120. The van der Waals surface area contributed by atoms with Crippen LogP contribution in [0.25, 0.3) is 0 Å². The van der Waals surface area contributed by atoms with E-state index in [4.69, 9.17) is 26.1 Å². The Labute approximate surface area is 230 Å². The summed E-state index contributed by atoms with van der Waals surface area (Å²) in [5.41, 5.74) is 4.14. The topological polar surface area (TPSA) is 83.9 Å². The molecule has 2 N–H and O–H groups in total. The molecule has 0 unspecified atom stereocenters. The average Bonchev–Trinajstić information content (AvgIpc) is 3.61. The molecule has 2 atom stereocenters. The van der Waals surface area contributed by atoms with Gasteiger partial charge in [0.25, 0.3) is 0 Å². The SMILES string of the molecule is COc1c(CC2CC2)cc(Cl)cc1[C@H](C(=O)O)N1CC[C@@H](OCCCCCc2ccc3c(n2)NCCC3)C1. The van der Waals surface area contributed by atoms with Gasteiger partial charge in [0.1, 0.15) is 17.6 Å². The van der Waals surface area contributed by atoms with E-state index in [1.165, 1.54) is 24.8 Å². The zero-order valence-electron chi connectivity index (χ0n) is 22.4. The predicted molar refractivity (Wildman–Crippen MR) is 149 cm³/mol. The van der Waals surface area contributed by atoms with Crippen molar-refractivity contribution in [3.63, 3.8) is 0 Å². The molecule has 206 valence electrons. The first-order valence-corrected chi connectivity index (χ1v) is 14.6. The fraction of sp³-hybridized carbons (Fsp3) is 0.600. The third kappa shape index (κ3) is 6.80. The summed E-state index contributed by atoms with van der Waals surface area (Å²) in [6, 6.07) is 7.27. The Morgan fingerprint density at radius 2 is 2.11 bits per heavy atom. The number of nitrogens with one attached hydrogen (secondary N) is 1. The number of aryl methyl sites for hydroxylation is 2. The molecule has 1 aromatic heterocycles. The summed E-state index contributed by atoms with van der Waals surface area (Å²) in [5.74, 6) is 1.50. The van der Waals surface area contributed by atoms with Crippen LogP contribution in [0.3, 0.4) is 0 Å². The molecule has 1 saturated heterocycles. The van der Waals surface area contributed by atoms with Gasteiger partial charge in [-0.05, 0) is 93.0 Å². The van der Waals surface area contributed by atoms with Crippen molar-refractivity contribution >= 4 is 23.4 Å². The van der Waals surface area contributed by atoms with Gasteiger partial charge in [0.2, 0.25) is 0 Å². The Hall–Kier alpha value is -2.35. The Kier molecular flexibility index (Phi) is 9.08. The lowest BCUT2D eigenvalue weighted by Gasteiger charge is -2.27. The highest BCUT2D eigenvalue weighted by Gasteiger charge is 2.37. The van der Waals surface area contributed by atoms with Crippen LogP contribution in [0, 0.1) is 5.92 Å². The van der Waals surface area contributed by atoms with Crippen molar-refractivity contribution in [3.05, 3.63) is 51.7 Å². The predicted octanol–water partition coefficient (Wildman–Crippen LogP) is 5.68. The van der Waals surface area contributed by atoms with Crippen molar-refractivity contribution < 1.29 is 19.4 Å². The number of anilines is 1. The lowest BCUT2D eigenvalue weighted by atomic mass is 9.98. The number of likely N-dealkylation sites (tertiary alicyclic amines) is 1.